The van der Waals surface area contributed by atoms with E-state index in [1.54, 1.807) is 5.57 Å². The standard InChI is InChI=1S/C9H14/c1-6-7(2)9-5-3-4-8(6)9/h4,6-7,9H,3,5H2,1-2H3. The van der Waals surface area contributed by atoms with Crippen LogP contribution >= 0.6 is 0 Å². The van der Waals surface area contributed by atoms with Crippen LogP contribution in [0.15, 0.2) is 11.6 Å². The van der Waals surface area contributed by atoms with Gasteiger partial charge in [-0.25, -0.2) is 0 Å². The minimum Gasteiger partial charge on any atom is -0.0847 e. The number of rotatable bonds is 0. The predicted octanol–water partition coefficient (Wildman–Crippen LogP) is 2.61. The van der Waals surface area contributed by atoms with Crippen LogP contribution in [0.2, 0.25) is 0 Å². The van der Waals surface area contributed by atoms with Crippen LogP contribution in [0.1, 0.15) is 26.7 Å². The first-order chi connectivity index (χ1) is 4.30. The van der Waals surface area contributed by atoms with Crippen molar-refractivity contribution in [2.24, 2.45) is 17.8 Å². The van der Waals surface area contributed by atoms with E-state index in [1.807, 2.05) is 0 Å². The van der Waals surface area contributed by atoms with Gasteiger partial charge in [-0.15, -0.1) is 0 Å². The summed E-state index contributed by atoms with van der Waals surface area (Å²) in [6.45, 7) is 4.75. The minimum absolute atomic E-state index is 0.914. The van der Waals surface area contributed by atoms with Crippen LogP contribution in [0.3, 0.4) is 0 Å². The van der Waals surface area contributed by atoms with Gasteiger partial charge in [0.15, 0.2) is 0 Å². The van der Waals surface area contributed by atoms with Gasteiger partial charge in [-0.05, 0) is 30.6 Å². The summed E-state index contributed by atoms with van der Waals surface area (Å²) in [5, 5.41) is 0. The maximum atomic E-state index is 2.45. The van der Waals surface area contributed by atoms with Crippen LogP contribution in [-0.4, -0.2) is 0 Å². The second kappa shape index (κ2) is 1.62. The first kappa shape index (κ1) is 5.52. The highest BCUT2D eigenvalue weighted by Gasteiger charge is 2.40. The molecular formula is C9H14. The van der Waals surface area contributed by atoms with Crippen LogP contribution < -0.4 is 0 Å². The van der Waals surface area contributed by atoms with Crippen LogP contribution in [0, 0.1) is 17.8 Å². The van der Waals surface area contributed by atoms with Crippen molar-refractivity contribution in [2.45, 2.75) is 26.7 Å². The molecule has 3 unspecified atom stereocenters. The van der Waals surface area contributed by atoms with E-state index in [1.165, 1.54) is 12.8 Å². The fourth-order valence-electron chi connectivity index (χ4n) is 2.37. The van der Waals surface area contributed by atoms with Crippen LogP contribution in [0.25, 0.3) is 0 Å². The molecule has 9 heavy (non-hydrogen) atoms. The molecule has 1 saturated carbocycles. The van der Waals surface area contributed by atoms with E-state index in [0.717, 1.165) is 17.8 Å². The summed E-state index contributed by atoms with van der Waals surface area (Å²) >= 11 is 0. The minimum atomic E-state index is 0.914. The molecule has 2 aliphatic carbocycles. The van der Waals surface area contributed by atoms with Gasteiger partial charge >= 0.3 is 0 Å². The molecule has 0 nitrogen and oxygen atoms in total. The molecule has 50 valence electrons. The number of fused-ring (bicyclic) bond motifs is 1. The first-order valence-electron chi connectivity index (χ1n) is 4.00. The maximum absolute atomic E-state index is 2.45. The second-order valence-corrected chi connectivity index (χ2v) is 3.54. The van der Waals surface area contributed by atoms with Crippen molar-refractivity contribution in [1.29, 1.82) is 0 Å². The molecule has 0 aliphatic heterocycles. The molecule has 0 saturated heterocycles. The Morgan fingerprint density at radius 3 is 2.89 bits per heavy atom. The van der Waals surface area contributed by atoms with Crippen molar-refractivity contribution in [3.05, 3.63) is 11.6 Å². The zero-order valence-electron chi connectivity index (χ0n) is 6.22. The second-order valence-electron chi connectivity index (χ2n) is 3.54. The molecule has 1 fully saturated rings. The van der Waals surface area contributed by atoms with Crippen molar-refractivity contribution < 1.29 is 0 Å². The van der Waals surface area contributed by atoms with E-state index < -0.39 is 0 Å². The van der Waals surface area contributed by atoms with Crippen molar-refractivity contribution in [3.8, 4) is 0 Å². The molecule has 0 amide bonds. The lowest BCUT2D eigenvalue weighted by atomic mass is 9.64. The molecule has 0 aromatic carbocycles. The average Bonchev–Trinajstić information content (AvgIpc) is 2.30. The highest BCUT2D eigenvalue weighted by atomic mass is 14.5. The molecular weight excluding hydrogens is 108 g/mol. The number of allylic oxidation sites excluding steroid dienone is 2. The van der Waals surface area contributed by atoms with E-state index in [0.29, 0.717) is 0 Å². The van der Waals surface area contributed by atoms with Crippen LogP contribution in [0.5, 0.6) is 0 Å². The van der Waals surface area contributed by atoms with Gasteiger partial charge in [-0.2, -0.15) is 0 Å². The molecule has 0 bridgehead atoms. The Hall–Kier alpha value is -0.260. The molecule has 0 heteroatoms. The molecule has 0 spiro atoms. The summed E-state index contributed by atoms with van der Waals surface area (Å²) < 4.78 is 0. The number of hydrogen-bond acceptors (Lipinski definition) is 0. The quantitative estimate of drug-likeness (QED) is 0.433. The zero-order chi connectivity index (χ0) is 6.43. The highest BCUT2D eigenvalue weighted by Crippen LogP contribution is 2.51. The van der Waals surface area contributed by atoms with Gasteiger partial charge in [0.1, 0.15) is 0 Å². The topological polar surface area (TPSA) is 0 Å². The zero-order valence-corrected chi connectivity index (χ0v) is 6.22. The molecule has 2 aliphatic rings. The van der Waals surface area contributed by atoms with Gasteiger partial charge in [0.25, 0.3) is 0 Å². The summed E-state index contributed by atoms with van der Waals surface area (Å²) in [6.07, 6.45) is 5.25. The fourth-order valence-corrected chi connectivity index (χ4v) is 2.37. The Morgan fingerprint density at radius 1 is 1.44 bits per heavy atom. The average molecular weight is 122 g/mol. The molecule has 3 atom stereocenters. The third kappa shape index (κ3) is 0.540. The van der Waals surface area contributed by atoms with E-state index in [9.17, 15) is 0 Å². The van der Waals surface area contributed by atoms with Gasteiger partial charge in [0.2, 0.25) is 0 Å². The van der Waals surface area contributed by atoms with E-state index in [4.69, 9.17) is 0 Å². The molecule has 2 rings (SSSR count). The SMILES string of the molecule is CC1C2=CCCC2C1C. The van der Waals surface area contributed by atoms with Gasteiger partial charge < -0.3 is 0 Å². The van der Waals surface area contributed by atoms with Crippen molar-refractivity contribution >= 4 is 0 Å². The molecule has 0 aromatic heterocycles. The summed E-state index contributed by atoms with van der Waals surface area (Å²) in [4.78, 5) is 0. The lowest BCUT2D eigenvalue weighted by molar-refractivity contribution is 0.213. The van der Waals surface area contributed by atoms with Gasteiger partial charge in [0.05, 0.1) is 0 Å². The third-order valence-corrected chi connectivity index (χ3v) is 3.23. The Labute approximate surface area is 57.0 Å². The van der Waals surface area contributed by atoms with Crippen molar-refractivity contribution in [1.82, 2.24) is 0 Å². The lowest BCUT2D eigenvalue weighted by Gasteiger charge is -2.41. The smallest absolute Gasteiger partial charge is 0.0166 e. The molecule has 0 heterocycles. The molecule has 0 N–H and O–H groups in total. The monoisotopic (exact) mass is 122 g/mol. The van der Waals surface area contributed by atoms with E-state index >= 15 is 0 Å². The van der Waals surface area contributed by atoms with Crippen LogP contribution in [-0.2, 0) is 0 Å². The highest BCUT2D eigenvalue weighted by molar-refractivity contribution is 5.25. The fraction of sp³-hybridized carbons (Fsp3) is 0.778. The Kier molecular flexibility index (Phi) is 0.992. The van der Waals surface area contributed by atoms with Crippen molar-refractivity contribution in [3.63, 3.8) is 0 Å². The largest absolute Gasteiger partial charge is 0.0847 e. The Balaban J connectivity index is 2.19. The van der Waals surface area contributed by atoms with Gasteiger partial charge in [-0.1, -0.05) is 25.5 Å². The van der Waals surface area contributed by atoms with Crippen LogP contribution in [0.4, 0.5) is 0 Å². The third-order valence-electron chi connectivity index (χ3n) is 3.23. The van der Waals surface area contributed by atoms with Crippen molar-refractivity contribution in [2.75, 3.05) is 0 Å². The Morgan fingerprint density at radius 2 is 2.22 bits per heavy atom. The van der Waals surface area contributed by atoms with E-state index in [-0.39, 0.29) is 0 Å². The summed E-state index contributed by atoms with van der Waals surface area (Å²) in [5.74, 6) is 2.90. The lowest BCUT2D eigenvalue weighted by Crippen LogP contribution is -2.33. The Bertz CT molecular complexity index is 155. The summed E-state index contributed by atoms with van der Waals surface area (Å²) in [5.41, 5.74) is 1.77. The maximum Gasteiger partial charge on any atom is -0.0166 e. The summed E-state index contributed by atoms with van der Waals surface area (Å²) in [7, 11) is 0. The first-order valence-corrected chi connectivity index (χ1v) is 4.00. The predicted molar refractivity (Wildman–Crippen MR) is 39.1 cm³/mol. The summed E-state index contributed by atoms with van der Waals surface area (Å²) in [6, 6.07) is 0. The van der Waals surface area contributed by atoms with E-state index in [2.05, 4.69) is 19.9 Å². The number of hydrogen-bond donors (Lipinski definition) is 0. The molecule has 0 radical (unpaired) electrons. The van der Waals surface area contributed by atoms with Gasteiger partial charge in [-0.3, -0.25) is 0 Å². The van der Waals surface area contributed by atoms with Gasteiger partial charge in [0, 0.05) is 0 Å². The molecule has 0 aromatic rings. The normalized spacial score (nSPS) is 47.8.